The van der Waals surface area contributed by atoms with Crippen LogP contribution in [-0.4, -0.2) is 10.1 Å². The van der Waals surface area contributed by atoms with E-state index in [4.69, 9.17) is 23.2 Å². The van der Waals surface area contributed by atoms with Crippen molar-refractivity contribution in [3.8, 4) is 5.88 Å². The molecule has 0 aliphatic rings. The van der Waals surface area contributed by atoms with Crippen LogP contribution in [0.2, 0.25) is 10.0 Å². The Bertz CT molecular complexity index is 807. The summed E-state index contributed by atoms with van der Waals surface area (Å²) in [4.78, 5) is 4.20. The van der Waals surface area contributed by atoms with Gasteiger partial charge in [0.15, 0.2) is 0 Å². The van der Waals surface area contributed by atoms with Crippen molar-refractivity contribution >= 4 is 45.7 Å². The highest BCUT2D eigenvalue weighted by atomic mass is 35.5. The average molecular weight is 336 g/mol. The van der Waals surface area contributed by atoms with Gasteiger partial charge in [0, 0.05) is 27.3 Å². The Balaban J connectivity index is 1.96. The third-order valence-corrected chi connectivity index (χ3v) is 4.71. The van der Waals surface area contributed by atoms with Gasteiger partial charge in [-0.15, -0.1) is 11.8 Å². The van der Waals surface area contributed by atoms with Gasteiger partial charge in [-0.2, -0.15) is 0 Å². The number of aromatic nitrogens is 1. The van der Waals surface area contributed by atoms with E-state index in [1.165, 1.54) is 11.8 Å². The van der Waals surface area contributed by atoms with Crippen LogP contribution in [0.15, 0.2) is 53.6 Å². The fourth-order valence-corrected chi connectivity index (χ4v) is 3.53. The predicted molar refractivity (Wildman–Crippen MR) is 89.4 cm³/mol. The molecule has 1 N–H and O–H groups in total. The van der Waals surface area contributed by atoms with E-state index in [-0.39, 0.29) is 5.88 Å². The molecule has 0 amide bonds. The summed E-state index contributed by atoms with van der Waals surface area (Å²) >= 11 is 13.7. The minimum absolute atomic E-state index is 0.00600. The summed E-state index contributed by atoms with van der Waals surface area (Å²) in [6.07, 6.45) is 0. The molecule has 0 fully saturated rings. The number of halogens is 2. The first-order valence-electron chi connectivity index (χ1n) is 6.29. The lowest BCUT2D eigenvalue weighted by Gasteiger charge is -2.08. The summed E-state index contributed by atoms with van der Waals surface area (Å²) in [6.45, 7) is 0. The van der Waals surface area contributed by atoms with E-state index >= 15 is 0 Å². The molecule has 21 heavy (non-hydrogen) atoms. The first-order chi connectivity index (χ1) is 10.1. The van der Waals surface area contributed by atoms with Gasteiger partial charge in [0.1, 0.15) is 5.03 Å². The number of fused-ring (bicyclic) bond motifs is 1. The summed E-state index contributed by atoms with van der Waals surface area (Å²) in [5.41, 5.74) is 1.03. The molecule has 1 aromatic heterocycles. The van der Waals surface area contributed by atoms with Crippen molar-refractivity contribution in [2.45, 2.75) is 10.8 Å². The molecule has 0 atom stereocenters. The summed E-state index contributed by atoms with van der Waals surface area (Å²) < 4.78 is 0. The molecular formula is C16H11Cl2NOS. The molecule has 2 nitrogen and oxygen atoms in total. The maximum Gasteiger partial charge on any atom is 0.212 e. The molecule has 0 radical (unpaired) electrons. The summed E-state index contributed by atoms with van der Waals surface area (Å²) in [6, 6.07) is 14.9. The van der Waals surface area contributed by atoms with E-state index in [2.05, 4.69) is 4.98 Å². The van der Waals surface area contributed by atoms with Crippen LogP contribution in [0.1, 0.15) is 5.56 Å². The molecule has 3 rings (SSSR count). The third-order valence-electron chi connectivity index (χ3n) is 3.07. The van der Waals surface area contributed by atoms with Crippen LogP contribution in [0, 0.1) is 0 Å². The average Bonchev–Trinajstić information content (AvgIpc) is 2.47. The normalized spacial score (nSPS) is 11.0. The fraction of sp³-hybridized carbons (Fsp3) is 0.0625. The second kappa shape index (κ2) is 6.14. The molecule has 0 aliphatic heterocycles. The van der Waals surface area contributed by atoms with Crippen molar-refractivity contribution in [3.05, 3.63) is 64.1 Å². The lowest BCUT2D eigenvalue weighted by molar-refractivity contribution is 0.450. The van der Waals surface area contributed by atoms with Gasteiger partial charge >= 0.3 is 0 Å². The molecule has 3 aromatic rings. The zero-order chi connectivity index (χ0) is 14.8. The van der Waals surface area contributed by atoms with E-state index in [1.54, 1.807) is 12.1 Å². The highest BCUT2D eigenvalue weighted by Gasteiger charge is 2.08. The van der Waals surface area contributed by atoms with Crippen molar-refractivity contribution in [2.24, 2.45) is 0 Å². The largest absolute Gasteiger partial charge is 0.493 e. The minimum atomic E-state index is 0.00600. The Labute approximate surface area is 136 Å². The first kappa shape index (κ1) is 14.5. The maximum absolute atomic E-state index is 9.75. The zero-order valence-corrected chi connectivity index (χ0v) is 13.2. The number of hydrogen-bond donors (Lipinski definition) is 1. The van der Waals surface area contributed by atoms with E-state index in [0.29, 0.717) is 10.8 Å². The number of aromatic hydroxyl groups is 1. The van der Waals surface area contributed by atoms with Crippen LogP contribution < -0.4 is 0 Å². The van der Waals surface area contributed by atoms with E-state index in [1.807, 2.05) is 36.4 Å². The van der Waals surface area contributed by atoms with Crippen LogP contribution >= 0.6 is 35.0 Å². The van der Waals surface area contributed by atoms with Gasteiger partial charge in [-0.1, -0.05) is 47.5 Å². The highest BCUT2D eigenvalue weighted by molar-refractivity contribution is 7.98. The molecule has 106 valence electrons. The standard InChI is InChI=1S/C16H11Cl2NOS/c17-12-6-5-10-7-15(20)19-16(13(10)8-12)21-9-11-3-1-2-4-14(11)18/h1-8H,9H2,(H,19,20). The lowest BCUT2D eigenvalue weighted by atomic mass is 10.2. The zero-order valence-electron chi connectivity index (χ0n) is 10.9. The van der Waals surface area contributed by atoms with E-state index in [0.717, 1.165) is 26.4 Å². The van der Waals surface area contributed by atoms with Gasteiger partial charge in [-0.3, -0.25) is 0 Å². The number of nitrogens with zero attached hydrogens (tertiary/aromatic N) is 1. The Morgan fingerprint density at radius 1 is 1.05 bits per heavy atom. The summed E-state index contributed by atoms with van der Waals surface area (Å²) in [7, 11) is 0. The maximum atomic E-state index is 9.75. The van der Waals surface area contributed by atoms with Gasteiger partial charge in [0.25, 0.3) is 0 Å². The Hall–Kier alpha value is -1.42. The first-order valence-corrected chi connectivity index (χ1v) is 8.03. The molecule has 0 spiro atoms. The van der Waals surface area contributed by atoms with Gasteiger partial charge in [-0.25, -0.2) is 4.98 Å². The molecule has 0 saturated heterocycles. The number of benzene rings is 2. The SMILES string of the molecule is Oc1cc2ccc(Cl)cc2c(SCc2ccccc2Cl)n1. The molecule has 0 aliphatic carbocycles. The van der Waals surface area contributed by atoms with Gasteiger partial charge < -0.3 is 5.11 Å². The third kappa shape index (κ3) is 3.26. The van der Waals surface area contributed by atoms with Crippen LogP contribution in [0.5, 0.6) is 5.88 Å². The van der Waals surface area contributed by atoms with Crippen molar-refractivity contribution in [2.75, 3.05) is 0 Å². The topological polar surface area (TPSA) is 33.1 Å². The molecule has 2 aromatic carbocycles. The second-order valence-corrected chi connectivity index (χ2v) is 6.34. The van der Waals surface area contributed by atoms with Crippen LogP contribution in [0.25, 0.3) is 10.8 Å². The number of pyridine rings is 1. The molecule has 0 unspecified atom stereocenters. The summed E-state index contributed by atoms with van der Waals surface area (Å²) in [5, 5.41) is 13.7. The van der Waals surface area contributed by atoms with E-state index in [9.17, 15) is 5.11 Å². The number of rotatable bonds is 3. The van der Waals surface area contributed by atoms with Gasteiger partial charge in [0.2, 0.25) is 5.88 Å². The van der Waals surface area contributed by atoms with Crippen molar-refractivity contribution in [1.82, 2.24) is 4.98 Å². The Morgan fingerprint density at radius 2 is 1.86 bits per heavy atom. The van der Waals surface area contributed by atoms with Crippen LogP contribution in [-0.2, 0) is 5.75 Å². The monoisotopic (exact) mass is 335 g/mol. The lowest BCUT2D eigenvalue weighted by Crippen LogP contribution is -1.87. The second-order valence-electron chi connectivity index (χ2n) is 4.53. The van der Waals surface area contributed by atoms with Crippen molar-refractivity contribution < 1.29 is 5.11 Å². The minimum Gasteiger partial charge on any atom is -0.493 e. The Kier molecular flexibility index (Phi) is 4.24. The molecular weight excluding hydrogens is 325 g/mol. The fourth-order valence-electron chi connectivity index (χ4n) is 2.05. The van der Waals surface area contributed by atoms with E-state index < -0.39 is 0 Å². The van der Waals surface area contributed by atoms with Crippen LogP contribution in [0.3, 0.4) is 0 Å². The smallest absolute Gasteiger partial charge is 0.212 e. The number of thioether (sulfide) groups is 1. The molecule has 0 saturated carbocycles. The summed E-state index contributed by atoms with van der Waals surface area (Å²) in [5.74, 6) is 0.684. The van der Waals surface area contributed by atoms with Gasteiger partial charge in [0.05, 0.1) is 0 Å². The molecule has 0 bridgehead atoms. The molecule has 1 heterocycles. The van der Waals surface area contributed by atoms with Gasteiger partial charge in [-0.05, 0) is 29.1 Å². The van der Waals surface area contributed by atoms with Crippen molar-refractivity contribution in [1.29, 1.82) is 0 Å². The molecule has 5 heteroatoms. The number of hydrogen-bond acceptors (Lipinski definition) is 3. The predicted octanol–water partition coefficient (Wildman–Crippen LogP) is 5.54. The van der Waals surface area contributed by atoms with Crippen LogP contribution in [0.4, 0.5) is 0 Å². The Morgan fingerprint density at radius 3 is 2.67 bits per heavy atom. The quantitative estimate of drug-likeness (QED) is 0.638. The van der Waals surface area contributed by atoms with Crippen molar-refractivity contribution in [3.63, 3.8) is 0 Å². The highest BCUT2D eigenvalue weighted by Crippen LogP contribution is 2.33.